The Morgan fingerprint density at radius 2 is 1.85 bits per heavy atom. The second-order valence-electron chi connectivity index (χ2n) is 4.18. The fourth-order valence-corrected chi connectivity index (χ4v) is 2.11. The Morgan fingerprint density at radius 3 is 2.40 bits per heavy atom. The largest absolute Gasteiger partial charge is 0.479 e. The van der Waals surface area contributed by atoms with Gasteiger partial charge in [0.1, 0.15) is 0 Å². The number of amides is 1. The third kappa shape index (κ3) is 2.24. The lowest BCUT2D eigenvalue weighted by atomic mass is 9.91. The molecule has 1 aromatic carbocycles. The van der Waals surface area contributed by atoms with Gasteiger partial charge in [-0.05, 0) is 5.56 Å². The van der Waals surface area contributed by atoms with Crippen LogP contribution in [0.2, 0.25) is 0 Å². The molecule has 0 fully saturated rings. The van der Waals surface area contributed by atoms with Crippen molar-refractivity contribution in [1.82, 2.24) is 4.90 Å². The van der Waals surface area contributed by atoms with E-state index >= 15 is 0 Å². The van der Waals surface area contributed by atoms with Gasteiger partial charge in [-0.2, -0.15) is 13.2 Å². The van der Waals surface area contributed by atoms with Crippen LogP contribution in [-0.2, 0) is 9.59 Å². The summed E-state index contributed by atoms with van der Waals surface area (Å²) in [5, 5.41) is 9.08. The van der Waals surface area contributed by atoms with E-state index < -0.39 is 36.4 Å². The van der Waals surface area contributed by atoms with Crippen LogP contribution >= 0.6 is 0 Å². The van der Waals surface area contributed by atoms with Crippen LogP contribution in [0.25, 0.3) is 0 Å². The number of benzene rings is 1. The molecule has 2 rings (SSSR count). The summed E-state index contributed by atoms with van der Waals surface area (Å²) in [6.45, 7) is -0.910. The van der Waals surface area contributed by atoms with Gasteiger partial charge in [0.05, 0.1) is 6.54 Å². The van der Waals surface area contributed by atoms with Crippen molar-refractivity contribution < 1.29 is 32.7 Å². The molecule has 1 atom stereocenters. The quantitative estimate of drug-likeness (QED) is 0.847. The van der Waals surface area contributed by atoms with Crippen LogP contribution in [0.3, 0.4) is 0 Å². The predicted molar refractivity (Wildman–Crippen MR) is 58.9 cm³/mol. The highest BCUT2D eigenvalue weighted by Crippen LogP contribution is 2.33. The molecule has 1 N–H and O–H groups in total. The number of nitrogens with zero attached hydrogens (tertiary/aromatic N) is 1. The van der Waals surface area contributed by atoms with E-state index in [2.05, 4.69) is 0 Å². The van der Waals surface area contributed by atoms with Crippen molar-refractivity contribution >= 4 is 17.7 Å². The third-order valence-electron chi connectivity index (χ3n) is 2.92. The molecule has 5 nitrogen and oxygen atoms in total. The lowest BCUT2D eigenvalue weighted by Crippen LogP contribution is -2.50. The molecule has 0 saturated carbocycles. The van der Waals surface area contributed by atoms with Crippen molar-refractivity contribution in [2.24, 2.45) is 0 Å². The minimum absolute atomic E-state index is 0.0196. The predicted octanol–water partition coefficient (Wildman–Crippen LogP) is 1.40. The van der Waals surface area contributed by atoms with E-state index in [1.165, 1.54) is 24.3 Å². The summed E-state index contributed by atoms with van der Waals surface area (Å²) in [7, 11) is 0. The Morgan fingerprint density at radius 1 is 1.25 bits per heavy atom. The average molecular weight is 287 g/mol. The molecule has 1 aliphatic rings. The second kappa shape index (κ2) is 4.62. The number of fused-ring (bicyclic) bond motifs is 1. The summed E-state index contributed by atoms with van der Waals surface area (Å²) >= 11 is 0. The van der Waals surface area contributed by atoms with Gasteiger partial charge in [-0.1, -0.05) is 24.3 Å². The van der Waals surface area contributed by atoms with E-state index in [0.29, 0.717) is 0 Å². The van der Waals surface area contributed by atoms with Gasteiger partial charge in [0, 0.05) is 5.56 Å². The number of Topliss-reactive ketones (excluding diaryl/α,β-unsaturated/α-hetero) is 1. The SMILES string of the molecule is O=C1CN(C(=O)C(F)(F)F)C(C(=O)O)c2ccccc21. The number of carbonyl (C=O) groups is 3. The Kier molecular flexibility index (Phi) is 3.24. The number of aliphatic carboxylic acids is 1. The molecule has 106 valence electrons. The zero-order valence-corrected chi connectivity index (χ0v) is 9.85. The van der Waals surface area contributed by atoms with Gasteiger partial charge in [0.2, 0.25) is 0 Å². The van der Waals surface area contributed by atoms with Crippen molar-refractivity contribution in [2.45, 2.75) is 12.2 Å². The van der Waals surface area contributed by atoms with Crippen molar-refractivity contribution in [1.29, 1.82) is 0 Å². The van der Waals surface area contributed by atoms with E-state index in [-0.39, 0.29) is 16.0 Å². The highest BCUT2D eigenvalue weighted by Gasteiger charge is 2.49. The van der Waals surface area contributed by atoms with Gasteiger partial charge in [-0.25, -0.2) is 4.79 Å². The highest BCUT2D eigenvalue weighted by atomic mass is 19.4. The van der Waals surface area contributed by atoms with Crippen molar-refractivity contribution in [3.63, 3.8) is 0 Å². The van der Waals surface area contributed by atoms with Crippen LogP contribution in [0.1, 0.15) is 22.0 Å². The van der Waals surface area contributed by atoms with Gasteiger partial charge in [0.25, 0.3) is 0 Å². The average Bonchev–Trinajstić information content (AvgIpc) is 2.36. The fourth-order valence-electron chi connectivity index (χ4n) is 2.11. The minimum Gasteiger partial charge on any atom is -0.479 e. The molecular weight excluding hydrogens is 279 g/mol. The number of carboxylic acids is 1. The number of carbonyl (C=O) groups excluding carboxylic acids is 2. The van der Waals surface area contributed by atoms with Gasteiger partial charge in [-0.15, -0.1) is 0 Å². The van der Waals surface area contributed by atoms with Crippen LogP contribution in [0.4, 0.5) is 13.2 Å². The second-order valence-corrected chi connectivity index (χ2v) is 4.18. The van der Waals surface area contributed by atoms with E-state index in [4.69, 9.17) is 5.11 Å². The van der Waals surface area contributed by atoms with Gasteiger partial charge >= 0.3 is 18.1 Å². The number of halogens is 3. The zero-order chi connectivity index (χ0) is 15.1. The number of carboxylic acid groups (broad SMARTS) is 1. The lowest BCUT2D eigenvalue weighted by molar-refractivity contribution is -0.189. The first kappa shape index (κ1) is 14.0. The van der Waals surface area contributed by atoms with Crippen LogP contribution < -0.4 is 0 Å². The van der Waals surface area contributed by atoms with Gasteiger partial charge < -0.3 is 10.0 Å². The maximum absolute atomic E-state index is 12.5. The van der Waals surface area contributed by atoms with E-state index in [1.54, 1.807) is 0 Å². The molecule has 1 aliphatic heterocycles. The molecule has 0 aromatic heterocycles. The Balaban J connectivity index is 2.54. The number of alkyl halides is 3. The third-order valence-corrected chi connectivity index (χ3v) is 2.92. The molecule has 8 heteroatoms. The van der Waals surface area contributed by atoms with Crippen LogP contribution in [-0.4, -0.2) is 40.4 Å². The zero-order valence-electron chi connectivity index (χ0n) is 9.85. The Labute approximate surface area is 110 Å². The highest BCUT2D eigenvalue weighted by molar-refractivity contribution is 6.05. The maximum Gasteiger partial charge on any atom is 0.471 e. The monoisotopic (exact) mass is 287 g/mol. The molecule has 1 aromatic rings. The molecule has 20 heavy (non-hydrogen) atoms. The normalized spacial score (nSPS) is 18.6. The maximum atomic E-state index is 12.5. The summed E-state index contributed by atoms with van der Waals surface area (Å²) < 4.78 is 37.4. The minimum atomic E-state index is -5.24. The van der Waals surface area contributed by atoms with Crippen molar-refractivity contribution in [3.05, 3.63) is 35.4 Å². The number of ketones is 1. The molecule has 0 spiro atoms. The molecule has 0 saturated heterocycles. The van der Waals surface area contributed by atoms with Crippen LogP contribution in [0.5, 0.6) is 0 Å². The van der Waals surface area contributed by atoms with Crippen molar-refractivity contribution in [3.8, 4) is 0 Å². The van der Waals surface area contributed by atoms with Crippen LogP contribution in [0.15, 0.2) is 24.3 Å². The summed E-state index contributed by atoms with van der Waals surface area (Å²) in [4.78, 5) is 34.2. The molecule has 0 bridgehead atoms. The van der Waals surface area contributed by atoms with E-state index in [1.807, 2.05) is 0 Å². The van der Waals surface area contributed by atoms with Crippen LogP contribution in [0, 0.1) is 0 Å². The molecule has 0 radical (unpaired) electrons. The number of hydrogen-bond acceptors (Lipinski definition) is 3. The summed E-state index contributed by atoms with van der Waals surface area (Å²) in [5.41, 5.74) is -0.0972. The molecule has 0 aliphatic carbocycles. The van der Waals surface area contributed by atoms with E-state index in [9.17, 15) is 27.6 Å². The summed E-state index contributed by atoms with van der Waals surface area (Å²) in [5.74, 6) is -4.69. The van der Waals surface area contributed by atoms with E-state index in [0.717, 1.165) is 0 Å². The Hall–Kier alpha value is -2.38. The van der Waals surface area contributed by atoms with Gasteiger partial charge in [-0.3, -0.25) is 9.59 Å². The smallest absolute Gasteiger partial charge is 0.471 e. The topological polar surface area (TPSA) is 74.7 Å². The van der Waals surface area contributed by atoms with Gasteiger partial charge in [0.15, 0.2) is 11.8 Å². The molecule has 1 heterocycles. The first-order valence-corrected chi connectivity index (χ1v) is 5.46. The molecular formula is C12H8F3NO4. The summed E-state index contributed by atoms with van der Waals surface area (Å²) in [6, 6.07) is 3.59. The fraction of sp³-hybridized carbons (Fsp3) is 0.250. The standard InChI is InChI=1S/C12H8F3NO4/c13-12(14,15)11(20)16-5-8(17)6-3-1-2-4-7(6)9(16)10(18)19/h1-4,9H,5H2,(H,18,19). The summed E-state index contributed by atoms with van der Waals surface area (Å²) in [6.07, 6.45) is -5.24. The number of hydrogen-bond donors (Lipinski definition) is 1. The number of rotatable bonds is 1. The molecule has 1 unspecified atom stereocenters. The first-order valence-electron chi connectivity index (χ1n) is 5.46. The van der Waals surface area contributed by atoms with Crippen molar-refractivity contribution in [2.75, 3.05) is 6.54 Å². The Bertz CT molecular complexity index is 597. The first-order chi connectivity index (χ1) is 9.23. The lowest BCUT2D eigenvalue weighted by Gasteiger charge is -2.34. The molecule has 1 amide bonds.